The van der Waals surface area contributed by atoms with E-state index in [1.54, 1.807) is 33.5 Å². The number of nitrogens with one attached hydrogen (secondary N) is 1. The number of amides is 2. The van der Waals surface area contributed by atoms with Crippen molar-refractivity contribution in [2.75, 3.05) is 33.2 Å². The summed E-state index contributed by atoms with van der Waals surface area (Å²) < 4.78 is 16.2. The topological polar surface area (TPSA) is 60.0 Å². The van der Waals surface area contributed by atoms with Crippen molar-refractivity contribution in [3.05, 3.63) is 47.5 Å². The van der Waals surface area contributed by atoms with Crippen molar-refractivity contribution in [3.8, 4) is 17.2 Å². The van der Waals surface area contributed by atoms with E-state index >= 15 is 0 Å². The summed E-state index contributed by atoms with van der Waals surface area (Å²) in [6.45, 7) is 2.81. The Kier molecular flexibility index (Phi) is 6.86. The molecule has 1 N–H and O–H groups in total. The number of carbonyl (C=O) groups is 1. The number of hydrogen-bond acceptors (Lipinski definition) is 4. The number of benzene rings is 2. The Morgan fingerprint density at radius 2 is 1.62 bits per heavy atom. The second-order valence-corrected chi connectivity index (χ2v) is 7.31. The van der Waals surface area contributed by atoms with E-state index in [2.05, 4.69) is 36.5 Å². The smallest absolute Gasteiger partial charge is 0.322 e. The van der Waals surface area contributed by atoms with Crippen LogP contribution in [0.4, 0.5) is 10.5 Å². The lowest BCUT2D eigenvalue weighted by molar-refractivity contribution is 0.189. The van der Waals surface area contributed by atoms with Gasteiger partial charge in [-0.2, -0.15) is 0 Å². The van der Waals surface area contributed by atoms with Crippen molar-refractivity contribution in [1.29, 1.82) is 0 Å². The van der Waals surface area contributed by atoms with Gasteiger partial charge in [-0.3, -0.25) is 0 Å². The quantitative estimate of drug-likeness (QED) is 0.755. The average Bonchev–Trinajstić information content (AvgIpc) is 2.99. The van der Waals surface area contributed by atoms with Gasteiger partial charge in [0.25, 0.3) is 0 Å². The number of methoxy groups -OCH3 is 3. The summed E-state index contributed by atoms with van der Waals surface area (Å²) in [5, 5.41) is 3.02. The van der Waals surface area contributed by atoms with Crippen molar-refractivity contribution in [3.63, 3.8) is 0 Å². The fourth-order valence-corrected chi connectivity index (χ4v) is 3.84. The fraction of sp³-hybridized carbons (Fsp3) is 0.435. The van der Waals surface area contributed by atoms with Crippen molar-refractivity contribution in [2.45, 2.75) is 38.6 Å². The maximum absolute atomic E-state index is 13.2. The lowest BCUT2D eigenvalue weighted by atomic mass is 10.00. The van der Waals surface area contributed by atoms with Gasteiger partial charge in [-0.15, -0.1) is 0 Å². The van der Waals surface area contributed by atoms with Gasteiger partial charge in [0.2, 0.25) is 5.75 Å². The van der Waals surface area contributed by atoms with Crippen LogP contribution < -0.4 is 19.5 Å². The number of anilines is 1. The fourth-order valence-electron chi connectivity index (χ4n) is 3.84. The molecule has 0 bridgehead atoms. The Balaban J connectivity index is 1.86. The third-order valence-electron chi connectivity index (χ3n) is 5.39. The van der Waals surface area contributed by atoms with E-state index in [4.69, 9.17) is 14.2 Å². The summed E-state index contributed by atoms with van der Waals surface area (Å²) in [5.41, 5.74) is 3.00. The molecular weight excluding hydrogens is 368 g/mol. The van der Waals surface area contributed by atoms with Gasteiger partial charge in [0.15, 0.2) is 11.5 Å². The summed E-state index contributed by atoms with van der Waals surface area (Å²) >= 11 is 0. The normalized spacial score (nSPS) is 16.7. The van der Waals surface area contributed by atoms with E-state index in [0.717, 1.165) is 32.2 Å². The molecule has 0 aromatic heterocycles. The number of nitrogens with zero attached hydrogens (tertiary/aromatic N) is 1. The Labute approximate surface area is 172 Å². The monoisotopic (exact) mass is 398 g/mol. The molecule has 0 saturated carbocycles. The average molecular weight is 399 g/mol. The Morgan fingerprint density at radius 3 is 2.21 bits per heavy atom. The van der Waals surface area contributed by atoms with Gasteiger partial charge in [-0.25, -0.2) is 4.79 Å². The molecule has 2 amide bonds. The van der Waals surface area contributed by atoms with Crippen LogP contribution in [0, 0.1) is 6.92 Å². The van der Waals surface area contributed by atoms with Crippen LogP contribution in [0.1, 0.15) is 42.9 Å². The van der Waals surface area contributed by atoms with Gasteiger partial charge in [0.05, 0.1) is 33.1 Å². The number of carbonyl (C=O) groups excluding carboxylic acids is 1. The van der Waals surface area contributed by atoms with Crippen LogP contribution in [-0.4, -0.2) is 38.8 Å². The van der Waals surface area contributed by atoms with E-state index in [1.807, 2.05) is 4.90 Å². The molecule has 0 unspecified atom stereocenters. The summed E-state index contributed by atoms with van der Waals surface area (Å²) in [4.78, 5) is 15.2. The zero-order valence-electron chi connectivity index (χ0n) is 17.7. The molecule has 0 spiro atoms. The molecule has 156 valence electrons. The second kappa shape index (κ2) is 9.54. The van der Waals surface area contributed by atoms with Crippen molar-refractivity contribution < 1.29 is 19.0 Å². The zero-order valence-corrected chi connectivity index (χ0v) is 17.7. The molecule has 0 aliphatic carbocycles. The van der Waals surface area contributed by atoms with Crippen LogP contribution in [0.5, 0.6) is 17.2 Å². The van der Waals surface area contributed by atoms with Crippen molar-refractivity contribution in [1.82, 2.24) is 4.90 Å². The standard InChI is InChI=1S/C23H30N2O4/c1-16-9-11-17(12-10-16)19-8-6-5-7-13-25(19)23(26)24-18-14-20(27-2)22(29-4)21(15-18)28-3/h9-12,14-15,19H,5-8,13H2,1-4H3,(H,24,26)/t19-/m1/s1. The minimum atomic E-state index is -0.119. The number of aryl methyl sites for hydroxylation is 1. The molecule has 29 heavy (non-hydrogen) atoms. The first kappa shape index (κ1) is 20.8. The van der Waals surface area contributed by atoms with Crippen molar-refractivity contribution >= 4 is 11.7 Å². The third kappa shape index (κ3) is 4.75. The van der Waals surface area contributed by atoms with Gasteiger partial charge in [-0.1, -0.05) is 42.7 Å². The first-order valence-corrected chi connectivity index (χ1v) is 10.0. The van der Waals surface area contributed by atoms with Crippen LogP contribution in [0.25, 0.3) is 0 Å². The Hall–Kier alpha value is -2.89. The first-order valence-electron chi connectivity index (χ1n) is 10.0. The molecule has 1 saturated heterocycles. The maximum Gasteiger partial charge on any atom is 0.322 e. The van der Waals surface area contributed by atoms with Crippen LogP contribution in [0.15, 0.2) is 36.4 Å². The Bertz CT molecular complexity index is 810. The molecular formula is C23H30N2O4. The summed E-state index contributed by atoms with van der Waals surface area (Å²) in [6.07, 6.45) is 4.22. The predicted molar refractivity (Wildman–Crippen MR) is 114 cm³/mol. The van der Waals surface area contributed by atoms with E-state index in [-0.39, 0.29) is 12.1 Å². The molecule has 6 nitrogen and oxygen atoms in total. The molecule has 6 heteroatoms. The van der Waals surface area contributed by atoms with Gasteiger partial charge in [0, 0.05) is 18.7 Å². The number of hydrogen-bond donors (Lipinski definition) is 1. The molecule has 1 fully saturated rings. The first-order chi connectivity index (χ1) is 14.1. The molecule has 0 radical (unpaired) electrons. The molecule has 1 heterocycles. The minimum absolute atomic E-state index is 0.0696. The summed E-state index contributed by atoms with van der Waals surface area (Å²) in [5.74, 6) is 1.52. The highest BCUT2D eigenvalue weighted by Crippen LogP contribution is 2.40. The molecule has 1 aliphatic heterocycles. The predicted octanol–water partition coefficient (Wildman–Crippen LogP) is 5.17. The minimum Gasteiger partial charge on any atom is -0.493 e. The summed E-state index contributed by atoms with van der Waals surface area (Å²) in [7, 11) is 4.68. The summed E-state index contributed by atoms with van der Waals surface area (Å²) in [6, 6.07) is 11.9. The third-order valence-corrected chi connectivity index (χ3v) is 5.39. The van der Waals surface area contributed by atoms with Crippen LogP contribution in [0.2, 0.25) is 0 Å². The van der Waals surface area contributed by atoms with Gasteiger partial charge < -0.3 is 24.4 Å². The maximum atomic E-state index is 13.2. The molecule has 1 aliphatic rings. The SMILES string of the molecule is COc1cc(NC(=O)N2CCCCC[C@@H]2c2ccc(C)cc2)cc(OC)c1OC. The number of urea groups is 1. The van der Waals surface area contributed by atoms with Gasteiger partial charge >= 0.3 is 6.03 Å². The van der Waals surface area contributed by atoms with Gasteiger partial charge in [0.1, 0.15) is 0 Å². The Morgan fingerprint density at radius 1 is 0.966 bits per heavy atom. The lowest BCUT2D eigenvalue weighted by Crippen LogP contribution is -2.38. The molecule has 2 aromatic carbocycles. The van der Waals surface area contributed by atoms with Gasteiger partial charge in [-0.05, 0) is 25.3 Å². The number of likely N-dealkylation sites (tertiary alicyclic amines) is 1. The molecule has 1 atom stereocenters. The van der Waals surface area contributed by atoms with E-state index in [1.165, 1.54) is 11.1 Å². The number of rotatable bonds is 5. The largest absolute Gasteiger partial charge is 0.493 e. The highest BCUT2D eigenvalue weighted by atomic mass is 16.5. The van der Waals surface area contributed by atoms with E-state index < -0.39 is 0 Å². The van der Waals surface area contributed by atoms with E-state index in [9.17, 15) is 4.79 Å². The highest BCUT2D eigenvalue weighted by molar-refractivity contribution is 5.90. The highest BCUT2D eigenvalue weighted by Gasteiger charge is 2.27. The lowest BCUT2D eigenvalue weighted by Gasteiger charge is -2.31. The van der Waals surface area contributed by atoms with E-state index in [0.29, 0.717) is 22.9 Å². The molecule has 3 rings (SSSR count). The van der Waals surface area contributed by atoms with Crippen LogP contribution in [0.3, 0.4) is 0 Å². The zero-order chi connectivity index (χ0) is 20.8. The van der Waals surface area contributed by atoms with Crippen LogP contribution in [-0.2, 0) is 0 Å². The van der Waals surface area contributed by atoms with Crippen LogP contribution >= 0.6 is 0 Å². The van der Waals surface area contributed by atoms with Crippen molar-refractivity contribution in [2.24, 2.45) is 0 Å². The number of ether oxygens (including phenoxy) is 3. The second-order valence-electron chi connectivity index (χ2n) is 7.31. The molecule has 2 aromatic rings.